The second-order valence-electron chi connectivity index (χ2n) is 6.37. The molecule has 2 rings (SSSR count). The Morgan fingerprint density at radius 2 is 1.44 bits per heavy atom. The molecule has 0 aromatic rings. The van der Waals surface area contributed by atoms with Gasteiger partial charge in [0.2, 0.25) is 11.8 Å². The zero-order chi connectivity index (χ0) is 13.4. The van der Waals surface area contributed by atoms with Crippen LogP contribution in [0.5, 0.6) is 0 Å². The summed E-state index contributed by atoms with van der Waals surface area (Å²) in [7, 11) is 0. The van der Waals surface area contributed by atoms with Gasteiger partial charge >= 0.3 is 0 Å². The number of alkyl halides is 4. The molecule has 0 radical (unpaired) electrons. The molecule has 0 N–H and O–H groups in total. The molecular weight excluding hydrogens is 244 g/mol. The summed E-state index contributed by atoms with van der Waals surface area (Å²) in [6.07, 6.45) is 2.46. The number of halogens is 4. The Balaban J connectivity index is 1.81. The zero-order valence-electron chi connectivity index (χ0n) is 10.9. The predicted octanol–water partition coefficient (Wildman–Crippen LogP) is 5.27. The predicted molar refractivity (Wildman–Crippen MR) is 63.0 cm³/mol. The zero-order valence-corrected chi connectivity index (χ0v) is 10.9. The smallest absolute Gasteiger partial charge is 0.207 e. The summed E-state index contributed by atoms with van der Waals surface area (Å²) < 4.78 is 52.5. The fourth-order valence-electron chi connectivity index (χ4n) is 3.53. The van der Waals surface area contributed by atoms with E-state index in [1.165, 1.54) is 0 Å². The van der Waals surface area contributed by atoms with Crippen molar-refractivity contribution >= 4 is 0 Å². The Morgan fingerprint density at radius 3 is 2.00 bits per heavy atom. The lowest BCUT2D eigenvalue weighted by Gasteiger charge is -2.37. The Morgan fingerprint density at radius 1 is 0.889 bits per heavy atom. The minimum Gasteiger partial charge on any atom is -0.207 e. The summed E-state index contributed by atoms with van der Waals surface area (Å²) in [6, 6.07) is 0. The highest BCUT2D eigenvalue weighted by Crippen LogP contribution is 2.45. The van der Waals surface area contributed by atoms with Crippen molar-refractivity contribution in [1.29, 1.82) is 0 Å². The Kier molecular flexibility index (Phi) is 3.93. The van der Waals surface area contributed by atoms with Crippen LogP contribution in [0.3, 0.4) is 0 Å². The third-order valence-electron chi connectivity index (χ3n) is 4.78. The summed E-state index contributed by atoms with van der Waals surface area (Å²) in [6.45, 7) is 1.88. The molecule has 18 heavy (non-hydrogen) atoms. The summed E-state index contributed by atoms with van der Waals surface area (Å²) in [5.74, 6) is -4.33. The minimum atomic E-state index is -2.50. The number of rotatable bonds is 2. The molecule has 2 aliphatic carbocycles. The second-order valence-corrected chi connectivity index (χ2v) is 6.37. The lowest BCUT2D eigenvalue weighted by molar-refractivity contribution is -0.0750. The van der Waals surface area contributed by atoms with Crippen LogP contribution in [0.2, 0.25) is 0 Å². The van der Waals surface area contributed by atoms with Gasteiger partial charge in [0.05, 0.1) is 0 Å². The van der Waals surface area contributed by atoms with Crippen molar-refractivity contribution in [3.63, 3.8) is 0 Å². The Bertz CT molecular complexity index is 278. The van der Waals surface area contributed by atoms with Crippen LogP contribution in [0.25, 0.3) is 0 Å². The first-order chi connectivity index (χ1) is 8.27. The quantitative estimate of drug-likeness (QED) is 0.597. The third kappa shape index (κ3) is 3.61. The van der Waals surface area contributed by atoms with E-state index >= 15 is 0 Å². The van der Waals surface area contributed by atoms with E-state index in [9.17, 15) is 17.6 Å². The average molecular weight is 266 g/mol. The van der Waals surface area contributed by atoms with Crippen molar-refractivity contribution in [3.8, 4) is 0 Å². The van der Waals surface area contributed by atoms with Crippen LogP contribution in [0.4, 0.5) is 17.6 Å². The SMILES string of the molecule is C[C@H]1CC(F)(F)CCC1CC1CCC(F)(F)CC1. The molecule has 0 spiro atoms. The number of hydrogen-bond donors (Lipinski definition) is 0. The Labute approximate surface area is 106 Å². The van der Waals surface area contributed by atoms with Gasteiger partial charge in [-0.2, -0.15) is 0 Å². The molecule has 2 fully saturated rings. The van der Waals surface area contributed by atoms with E-state index in [2.05, 4.69) is 0 Å². The highest BCUT2D eigenvalue weighted by molar-refractivity contribution is 4.85. The fourth-order valence-corrected chi connectivity index (χ4v) is 3.53. The van der Waals surface area contributed by atoms with E-state index in [1.807, 2.05) is 6.92 Å². The van der Waals surface area contributed by atoms with Crippen molar-refractivity contribution in [1.82, 2.24) is 0 Å². The second kappa shape index (κ2) is 5.01. The van der Waals surface area contributed by atoms with Gasteiger partial charge in [0, 0.05) is 25.7 Å². The molecule has 0 aromatic carbocycles. The molecule has 2 aliphatic rings. The summed E-state index contributed by atoms with van der Waals surface area (Å²) in [5.41, 5.74) is 0. The maximum Gasteiger partial charge on any atom is 0.248 e. The van der Waals surface area contributed by atoms with Gasteiger partial charge in [-0.25, -0.2) is 17.6 Å². The molecule has 1 unspecified atom stereocenters. The van der Waals surface area contributed by atoms with Crippen LogP contribution in [0.15, 0.2) is 0 Å². The van der Waals surface area contributed by atoms with E-state index in [-0.39, 0.29) is 31.6 Å². The standard InChI is InChI=1S/C14H22F4/c1-10-9-14(17,18)7-4-12(10)8-11-2-5-13(15,16)6-3-11/h10-12H,2-9H2,1H3/t10-,12?/m0/s1. The summed E-state index contributed by atoms with van der Waals surface area (Å²) in [5, 5.41) is 0. The lowest BCUT2D eigenvalue weighted by atomic mass is 9.71. The van der Waals surface area contributed by atoms with Gasteiger partial charge in [-0.15, -0.1) is 0 Å². The fraction of sp³-hybridized carbons (Fsp3) is 1.00. The molecule has 0 aliphatic heterocycles. The Hall–Kier alpha value is -0.280. The van der Waals surface area contributed by atoms with E-state index in [0.717, 1.165) is 6.42 Å². The third-order valence-corrected chi connectivity index (χ3v) is 4.78. The molecule has 0 bridgehead atoms. The first-order valence-corrected chi connectivity index (χ1v) is 7.03. The normalized spacial score (nSPS) is 36.5. The van der Waals surface area contributed by atoms with E-state index < -0.39 is 11.8 Å². The van der Waals surface area contributed by atoms with Gasteiger partial charge in [-0.3, -0.25) is 0 Å². The summed E-state index contributed by atoms with van der Waals surface area (Å²) in [4.78, 5) is 0. The van der Waals surface area contributed by atoms with Gasteiger partial charge in [0.25, 0.3) is 0 Å². The van der Waals surface area contributed by atoms with E-state index in [0.29, 0.717) is 31.1 Å². The van der Waals surface area contributed by atoms with E-state index in [1.54, 1.807) is 0 Å². The molecule has 0 nitrogen and oxygen atoms in total. The van der Waals surface area contributed by atoms with Gasteiger partial charge in [-0.05, 0) is 43.4 Å². The molecule has 0 aromatic heterocycles. The summed E-state index contributed by atoms with van der Waals surface area (Å²) >= 11 is 0. The molecule has 4 heteroatoms. The van der Waals surface area contributed by atoms with Crippen LogP contribution >= 0.6 is 0 Å². The van der Waals surface area contributed by atoms with E-state index in [4.69, 9.17) is 0 Å². The molecular formula is C14H22F4. The van der Waals surface area contributed by atoms with Gasteiger partial charge in [0.1, 0.15) is 0 Å². The van der Waals surface area contributed by atoms with Crippen LogP contribution in [-0.2, 0) is 0 Å². The molecule has 106 valence electrons. The van der Waals surface area contributed by atoms with Crippen LogP contribution in [-0.4, -0.2) is 11.8 Å². The van der Waals surface area contributed by atoms with Gasteiger partial charge in [0.15, 0.2) is 0 Å². The van der Waals surface area contributed by atoms with Crippen molar-refractivity contribution < 1.29 is 17.6 Å². The first kappa shape index (κ1) is 14.1. The number of hydrogen-bond acceptors (Lipinski definition) is 0. The average Bonchev–Trinajstić information content (AvgIpc) is 2.24. The van der Waals surface area contributed by atoms with Crippen molar-refractivity contribution in [3.05, 3.63) is 0 Å². The van der Waals surface area contributed by atoms with Crippen LogP contribution in [0.1, 0.15) is 58.3 Å². The minimum absolute atomic E-state index is 0.0189. The maximum atomic E-state index is 13.2. The molecule has 2 saturated carbocycles. The molecule has 0 saturated heterocycles. The van der Waals surface area contributed by atoms with Gasteiger partial charge < -0.3 is 0 Å². The molecule has 0 heterocycles. The van der Waals surface area contributed by atoms with Crippen LogP contribution in [0, 0.1) is 17.8 Å². The van der Waals surface area contributed by atoms with Crippen molar-refractivity contribution in [2.75, 3.05) is 0 Å². The monoisotopic (exact) mass is 266 g/mol. The van der Waals surface area contributed by atoms with Crippen molar-refractivity contribution in [2.45, 2.75) is 70.1 Å². The first-order valence-electron chi connectivity index (χ1n) is 7.03. The van der Waals surface area contributed by atoms with Gasteiger partial charge in [-0.1, -0.05) is 6.92 Å². The van der Waals surface area contributed by atoms with Crippen molar-refractivity contribution in [2.24, 2.45) is 17.8 Å². The molecule has 2 atom stereocenters. The maximum absolute atomic E-state index is 13.2. The molecule has 0 amide bonds. The highest BCUT2D eigenvalue weighted by Gasteiger charge is 2.41. The highest BCUT2D eigenvalue weighted by atomic mass is 19.3. The topological polar surface area (TPSA) is 0 Å². The van der Waals surface area contributed by atoms with Crippen LogP contribution < -0.4 is 0 Å². The largest absolute Gasteiger partial charge is 0.248 e. The lowest BCUT2D eigenvalue weighted by Crippen LogP contribution is -2.33.